The van der Waals surface area contributed by atoms with Gasteiger partial charge in [0, 0.05) is 28.8 Å². The van der Waals surface area contributed by atoms with Gasteiger partial charge < -0.3 is 15.5 Å². The summed E-state index contributed by atoms with van der Waals surface area (Å²) in [6.07, 6.45) is 2.84. The highest BCUT2D eigenvalue weighted by molar-refractivity contribution is 5.83. The number of anilines is 1. The van der Waals surface area contributed by atoms with E-state index >= 15 is 0 Å². The Morgan fingerprint density at radius 3 is 2.83 bits per heavy atom. The first-order chi connectivity index (χ1) is 10.8. The Hall–Kier alpha value is -2.17. The number of nitrogens with one attached hydrogen (secondary N) is 1. The first-order valence-electron chi connectivity index (χ1n) is 8.21. The Kier molecular flexibility index (Phi) is 3.96. The van der Waals surface area contributed by atoms with Crippen molar-refractivity contribution < 1.29 is 9.53 Å². The first kappa shape index (κ1) is 15.7. The number of fused-ring (bicyclic) bond motifs is 1. The number of hydrogen-bond donors (Lipinski definition) is 2. The summed E-state index contributed by atoms with van der Waals surface area (Å²) in [6, 6.07) is 7.95. The molecule has 0 aliphatic carbocycles. The second-order valence-corrected chi connectivity index (χ2v) is 7.26. The fourth-order valence-electron chi connectivity index (χ4n) is 3.15. The molecule has 1 atom stereocenters. The van der Waals surface area contributed by atoms with Crippen molar-refractivity contribution in [3.8, 4) is 0 Å². The van der Waals surface area contributed by atoms with Crippen LogP contribution in [-0.4, -0.2) is 28.1 Å². The first-order valence-corrected chi connectivity index (χ1v) is 8.21. The Morgan fingerprint density at radius 1 is 1.30 bits per heavy atom. The number of aromatic amines is 1. The lowest BCUT2D eigenvalue weighted by atomic mass is 10.00. The van der Waals surface area contributed by atoms with Crippen molar-refractivity contribution in [1.29, 1.82) is 0 Å². The highest BCUT2D eigenvalue weighted by atomic mass is 16.6. The largest absolute Gasteiger partial charge is 0.444 e. The quantitative estimate of drug-likeness (QED) is 0.774. The number of carbonyl (C=O) groups excluding carboxylic acids is 1. The highest BCUT2D eigenvalue weighted by Crippen LogP contribution is 2.33. The summed E-state index contributed by atoms with van der Waals surface area (Å²) in [5, 5.41) is 1.08. The van der Waals surface area contributed by atoms with Crippen LogP contribution in [0.15, 0.2) is 24.3 Å². The van der Waals surface area contributed by atoms with E-state index in [1.807, 2.05) is 43.9 Å². The van der Waals surface area contributed by atoms with E-state index in [1.54, 1.807) is 0 Å². The smallest absolute Gasteiger partial charge is 0.410 e. The number of rotatable bonds is 1. The van der Waals surface area contributed by atoms with Crippen LogP contribution < -0.4 is 5.73 Å². The zero-order chi connectivity index (χ0) is 16.6. The van der Waals surface area contributed by atoms with E-state index in [-0.39, 0.29) is 12.1 Å². The lowest BCUT2D eigenvalue weighted by molar-refractivity contribution is 0.00908. The number of nitrogens with two attached hydrogens (primary N) is 1. The average Bonchev–Trinajstić information content (AvgIpc) is 2.88. The third-order valence-corrected chi connectivity index (χ3v) is 4.16. The summed E-state index contributed by atoms with van der Waals surface area (Å²) in [4.78, 5) is 17.8. The van der Waals surface area contributed by atoms with Crippen LogP contribution in [-0.2, 0) is 4.74 Å². The van der Waals surface area contributed by atoms with Gasteiger partial charge in [0.15, 0.2) is 0 Å². The molecule has 1 fully saturated rings. The Balaban J connectivity index is 1.89. The zero-order valence-corrected chi connectivity index (χ0v) is 14.1. The molecule has 5 heteroatoms. The molecule has 1 saturated heterocycles. The molecule has 1 amide bonds. The van der Waals surface area contributed by atoms with Gasteiger partial charge in [0.2, 0.25) is 0 Å². The number of nitrogens with zero attached hydrogens (tertiary/aromatic N) is 1. The number of hydrogen-bond acceptors (Lipinski definition) is 3. The molecule has 1 aromatic carbocycles. The summed E-state index contributed by atoms with van der Waals surface area (Å²) in [5.74, 6) is 0. The second kappa shape index (κ2) is 5.80. The maximum absolute atomic E-state index is 12.5. The molecule has 1 aliphatic heterocycles. The summed E-state index contributed by atoms with van der Waals surface area (Å²) in [6.45, 7) is 6.43. The number of amides is 1. The molecule has 1 unspecified atom stereocenters. The SMILES string of the molecule is CC(C)(C)OC(=O)N1CCCCC1c1cc2cc(N)ccc2[nH]1. The van der Waals surface area contributed by atoms with Crippen molar-refractivity contribution >= 4 is 22.7 Å². The number of ether oxygens (including phenoxy) is 1. The number of nitrogen functional groups attached to an aromatic ring is 1. The van der Waals surface area contributed by atoms with Gasteiger partial charge in [0.05, 0.1) is 6.04 Å². The maximum atomic E-state index is 12.5. The van der Waals surface area contributed by atoms with Gasteiger partial charge in [-0.05, 0) is 64.3 Å². The van der Waals surface area contributed by atoms with E-state index in [4.69, 9.17) is 10.5 Å². The van der Waals surface area contributed by atoms with Crippen molar-refractivity contribution in [2.24, 2.45) is 0 Å². The third-order valence-electron chi connectivity index (χ3n) is 4.16. The van der Waals surface area contributed by atoms with Gasteiger partial charge >= 0.3 is 6.09 Å². The van der Waals surface area contributed by atoms with Crippen LogP contribution in [0, 0.1) is 0 Å². The molecule has 3 N–H and O–H groups in total. The van der Waals surface area contributed by atoms with E-state index < -0.39 is 5.60 Å². The summed E-state index contributed by atoms with van der Waals surface area (Å²) in [7, 11) is 0. The fourth-order valence-corrected chi connectivity index (χ4v) is 3.15. The molecule has 23 heavy (non-hydrogen) atoms. The normalized spacial score (nSPS) is 19.1. The topological polar surface area (TPSA) is 71.3 Å². The molecule has 1 aromatic heterocycles. The monoisotopic (exact) mass is 315 g/mol. The molecule has 3 rings (SSSR count). The third kappa shape index (κ3) is 3.44. The van der Waals surface area contributed by atoms with E-state index in [1.165, 1.54) is 0 Å². The standard InChI is InChI=1S/C18H25N3O2/c1-18(2,3)23-17(22)21-9-5-4-6-16(21)15-11-12-10-13(19)7-8-14(12)20-15/h7-8,10-11,16,20H,4-6,9,19H2,1-3H3. The average molecular weight is 315 g/mol. The molecular formula is C18H25N3O2. The number of H-pyrrole nitrogens is 1. The second-order valence-electron chi connectivity index (χ2n) is 7.26. The van der Waals surface area contributed by atoms with Crippen molar-refractivity contribution in [3.05, 3.63) is 30.0 Å². The van der Waals surface area contributed by atoms with E-state index in [0.717, 1.165) is 48.1 Å². The molecule has 0 spiro atoms. The van der Waals surface area contributed by atoms with E-state index in [0.29, 0.717) is 0 Å². The highest BCUT2D eigenvalue weighted by Gasteiger charge is 2.32. The van der Waals surface area contributed by atoms with Gasteiger partial charge in [-0.3, -0.25) is 4.90 Å². The van der Waals surface area contributed by atoms with Crippen LogP contribution in [0.25, 0.3) is 10.9 Å². The molecule has 2 aromatic rings. The number of carbonyl (C=O) groups is 1. The van der Waals surface area contributed by atoms with Crippen LogP contribution in [0.3, 0.4) is 0 Å². The fraction of sp³-hybridized carbons (Fsp3) is 0.500. The Labute approximate surface area is 136 Å². The van der Waals surface area contributed by atoms with Crippen molar-refractivity contribution in [2.45, 2.75) is 51.7 Å². The minimum Gasteiger partial charge on any atom is -0.444 e. The Morgan fingerprint density at radius 2 is 2.09 bits per heavy atom. The van der Waals surface area contributed by atoms with Crippen LogP contribution in [0.4, 0.5) is 10.5 Å². The maximum Gasteiger partial charge on any atom is 0.410 e. The molecule has 0 bridgehead atoms. The van der Waals surface area contributed by atoms with E-state index in [9.17, 15) is 4.79 Å². The number of likely N-dealkylation sites (tertiary alicyclic amines) is 1. The molecule has 124 valence electrons. The van der Waals surface area contributed by atoms with Gasteiger partial charge in [-0.2, -0.15) is 0 Å². The molecule has 0 radical (unpaired) electrons. The van der Waals surface area contributed by atoms with Crippen LogP contribution in [0.1, 0.15) is 51.8 Å². The van der Waals surface area contributed by atoms with Gasteiger partial charge in [-0.15, -0.1) is 0 Å². The molecular weight excluding hydrogens is 290 g/mol. The van der Waals surface area contributed by atoms with Gasteiger partial charge in [0.25, 0.3) is 0 Å². The predicted molar refractivity (Wildman–Crippen MR) is 92.2 cm³/mol. The van der Waals surface area contributed by atoms with Crippen molar-refractivity contribution in [2.75, 3.05) is 12.3 Å². The predicted octanol–water partition coefficient (Wildman–Crippen LogP) is 4.21. The lowest BCUT2D eigenvalue weighted by Gasteiger charge is -2.36. The Bertz CT molecular complexity index is 715. The summed E-state index contributed by atoms with van der Waals surface area (Å²) in [5.41, 5.74) is 8.22. The molecule has 1 aliphatic rings. The van der Waals surface area contributed by atoms with Crippen LogP contribution in [0.2, 0.25) is 0 Å². The van der Waals surface area contributed by atoms with Crippen LogP contribution >= 0.6 is 0 Å². The number of aromatic nitrogens is 1. The van der Waals surface area contributed by atoms with Gasteiger partial charge in [-0.25, -0.2) is 4.79 Å². The summed E-state index contributed by atoms with van der Waals surface area (Å²) >= 11 is 0. The van der Waals surface area contributed by atoms with Crippen molar-refractivity contribution in [3.63, 3.8) is 0 Å². The van der Waals surface area contributed by atoms with Gasteiger partial charge in [-0.1, -0.05) is 0 Å². The van der Waals surface area contributed by atoms with Crippen LogP contribution in [0.5, 0.6) is 0 Å². The minimum atomic E-state index is -0.478. The molecule has 0 saturated carbocycles. The molecule has 5 nitrogen and oxygen atoms in total. The minimum absolute atomic E-state index is 0.0345. The van der Waals surface area contributed by atoms with E-state index in [2.05, 4.69) is 11.1 Å². The molecule has 2 heterocycles. The zero-order valence-electron chi connectivity index (χ0n) is 14.1. The lowest BCUT2D eigenvalue weighted by Crippen LogP contribution is -2.42. The van der Waals surface area contributed by atoms with Gasteiger partial charge in [0.1, 0.15) is 5.60 Å². The number of piperidine rings is 1. The number of benzene rings is 1. The van der Waals surface area contributed by atoms with Crippen molar-refractivity contribution in [1.82, 2.24) is 9.88 Å². The summed E-state index contributed by atoms with van der Waals surface area (Å²) < 4.78 is 5.58.